The lowest BCUT2D eigenvalue weighted by Gasteiger charge is -2.28. The second-order valence-corrected chi connectivity index (χ2v) is 5.98. The van der Waals surface area contributed by atoms with Crippen molar-refractivity contribution in [2.24, 2.45) is 0 Å². The summed E-state index contributed by atoms with van der Waals surface area (Å²) in [5.74, 6) is -0.438. The lowest BCUT2D eigenvalue weighted by atomic mass is 10.1. The number of rotatable bonds is 5. The molecule has 1 unspecified atom stereocenters. The molecule has 1 heterocycles. The average Bonchev–Trinajstić information content (AvgIpc) is 3.12. The largest absolute Gasteiger partial charge is 0.336 e. The van der Waals surface area contributed by atoms with E-state index in [-0.39, 0.29) is 17.8 Å². The summed E-state index contributed by atoms with van der Waals surface area (Å²) in [6.07, 6.45) is 2.37. The van der Waals surface area contributed by atoms with Crippen molar-refractivity contribution < 1.29 is 9.18 Å². The number of amides is 2. The molecule has 1 fully saturated rings. The van der Waals surface area contributed by atoms with E-state index in [0.29, 0.717) is 6.54 Å². The molecule has 5 heteroatoms. The molecule has 2 amide bonds. The van der Waals surface area contributed by atoms with Crippen molar-refractivity contribution in [1.82, 2.24) is 10.2 Å². The van der Waals surface area contributed by atoms with E-state index >= 15 is 0 Å². The maximum Gasteiger partial charge on any atom is 0.319 e. The van der Waals surface area contributed by atoms with E-state index in [9.17, 15) is 9.18 Å². The number of halogens is 1. The zero-order chi connectivity index (χ0) is 16.8. The Bertz CT molecular complexity index is 671. The molecule has 126 valence electrons. The van der Waals surface area contributed by atoms with Crippen LogP contribution in [0.1, 0.15) is 24.4 Å². The molecule has 0 aliphatic carbocycles. The van der Waals surface area contributed by atoms with Crippen LogP contribution in [-0.2, 0) is 0 Å². The molecule has 0 spiro atoms. The van der Waals surface area contributed by atoms with Crippen molar-refractivity contribution in [3.05, 3.63) is 66.0 Å². The molecule has 0 radical (unpaired) electrons. The number of urea groups is 1. The fourth-order valence-corrected chi connectivity index (χ4v) is 3.10. The van der Waals surface area contributed by atoms with Crippen LogP contribution in [0.3, 0.4) is 0 Å². The van der Waals surface area contributed by atoms with Gasteiger partial charge in [-0.1, -0.05) is 42.5 Å². The molecule has 1 saturated heterocycles. The number of nitrogens with one attached hydrogen (secondary N) is 2. The minimum Gasteiger partial charge on any atom is -0.336 e. The van der Waals surface area contributed by atoms with Gasteiger partial charge >= 0.3 is 6.03 Å². The third-order valence-electron chi connectivity index (χ3n) is 4.34. The number of carbonyl (C=O) groups is 1. The molecule has 24 heavy (non-hydrogen) atoms. The van der Waals surface area contributed by atoms with Gasteiger partial charge in [-0.3, -0.25) is 4.90 Å². The molecular weight excluding hydrogens is 305 g/mol. The van der Waals surface area contributed by atoms with Gasteiger partial charge in [0.15, 0.2) is 0 Å². The zero-order valence-electron chi connectivity index (χ0n) is 13.5. The molecular formula is C19H22FN3O. The molecule has 1 aliphatic rings. The molecule has 2 aromatic rings. The van der Waals surface area contributed by atoms with Gasteiger partial charge in [-0.15, -0.1) is 0 Å². The summed E-state index contributed by atoms with van der Waals surface area (Å²) in [5, 5.41) is 5.44. The van der Waals surface area contributed by atoms with Crippen LogP contribution in [0.5, 0.6) is 0 Å². The number of hydrogen-bond acceptors (Lipinski definition) is 2. The molecule has 1 aliphatic heterocycles. The Labute approximate surface area is 141 Å². The first-order valence-corrected chi connectivity index (χ1v) is 8.32. The lowest BCUT2D eigenvalue weighted by molar-refractivity contribution is 0.227. The van der Waals surface area contributed by atoms with Crippen LogP contribution in [0.15, 0.2) is 54.6 Å². The second kappa shape index (κ2) is 7.93. The molecule has 0 aromatic heterocycles. The zero-order valence-corrected chi connectivity index (χ0v) is 13.5. The van der Waals surface area contributed by atoms with Crippen LogP contribution >= 0.6 is 0 Å². The van der Waals surface area contributed by atoms with Crippen molar-refractivity contribution in [3.63, 3.8) is 0 Å². The maximum absolute atomic E-state index is 13.6. The predicted octanol–water partition coefficient (Wildman–Crippen LogP) is 3.78. The Kier molecular flexibility index (Phi) is 5.43. The standard InChI is InChI=1S/C19H22FN3O/c20-16-10-4-5-11-17(16)22-19(24)21-14-18(23-12-6-7-13-23)15-8-2-1-3-9-15/h1-5,8-11,18H,6-7,12-14H2,(H2,21,22,24). The van der Waals surface area contributed by atoms with E-state index in [1.54, 1.807) is 18.2 Å². The highest BCUT2D eigenvalue weighted by atomic mass is 19.1. The van der Waals surface area contributed by atoms with Crippen molar-refractivity contribution in [1.29, 1.82) is 0 Å². The molecule has 0 bridgehead atoms. The fraction of sp³-hybridized carbons (Fsp3) is 0.316. The Balaban J connectivity index is 1.63. The number of anilines is 1. The van der Waals surface area contributed by atoms with Crippen LogP contribution in [0.2, 0.25) is 0 Å². The van der Waals surface area contributed by atoms with Crippen molar-refractivity contribution in [2.75, 3.05) is 25.0 Å². The van der Waals surface area contributed by atoms with Gasteiger partial charge in [0.05, 0.1) is 11.7 Å². The number of benzene rings is 2. The number of nitrogens with zero attached hydrogens (tertiary/aromatic N) is 1. The van der Waals surface area contributed by atoms with Gasteiger partial charge < -0.3 is 10.6 Å². The van der Waals surface area contributed by atoms with Gasteiger partial charge in [0.1, 0.15) is 5.82 Å². The Morgan fingerprint density at radius 2 is 1.71 bits per heavy atom. The molecule has 0 saturated carbocycles. The first kappa shape index (κ1) is 16.5. The second-order valence-electron chi connectivity index (χ2n) is 5.98. The summed E-state index contributed by atoms with van der Waals surface area (Å²) in [6.45, 7) is 2.57. The lowest BCUT2D eigenvalue weighted by Crippen LogP contribution is -2.38. The van der Waals surface area contributed by atoms with Crippen molar-refractivity contribution in [2.45, 2.75) is 18.9 Å². The highest BCUT2D eigenvalue weighted by molar-refractivity contribution is 5.89. The quantitative estimate of drug-likeness (QED) is 0.878. The number of para-hydroxylation sites is 1. The van der Waals surface area contributed by atoms with Gasteiger partial charge in [-0.25, -0.2) is 9.18 Å². The summed E-state index contributed by atoms with van der Waals surface area (Å²) in [4.78, 5) is 14.5. The first-order valence-electron chi connectivity index (χ1n) is 8.32. The summed E-state index contributed by atoms with van der Waals surface area (Å²) in [7, 11) is 0. The number of carbonyl (C=O) groups excluding carboxylic acids is 1. The van der Waals surface area contributed by atoms with E-state index in [1.165, 1.54) is 24.5 Å². The van der Waals surface area contributed by atoms with Gasteiger partial charge in [0.25, 0.3) is 0 Å². The van der Waals surface area contributed by atoms with Crippen LogP contribution < -0.4 is 10.6 Å². The van der Waals surface area contributed by atoms with Gasteiger partial charge in [-0.05, 0) is 43.6 Å². The van der Waals surface area contributed by atoms with Crippen molar-refractivity contribution in [3.8, 4) is 0 Å². The van der Waals surface area contributed by atoms with Gasteiger partial charge in [0, 0.05) is 6.54 Å². The SMILES string of the molecule is O=C(NCC(c1ccccc1)N1CCCC1)Nc1ccccc1F. The Morgan fingerprint density at radius 1 is 1.04 bits per heavy atom. The van der Waals surface area contributed by atoms with Crippen LogP contribution in [0, 0.1) is 5.82 Å². The first-order chi connectivity index (χ1) is 11.7. The fourth-order valence-electron chi connectivity index (χ4n) is 3.10. The predicted molar refractivity (Wildman–Crippen MR) is 93.4 cm³/mol. The van der Waals surface area contributed by atoms with E-state index in [0.717, 1.165) is 13.1 Å². The van der Waals surface area contributed by atoms with Crippen LogP contribution in [0.4, 0.5) is 14.9 Å². The molecule has 2 aromatic carbocycles. The third-order valence-corrected chi connectivity index (χ3v) is 4.34. The Morgan fingerprint density at radius 3 is 2.42 bits per heavy atom. The summed E-state index contributed by atoms with van der Waals surface area (Å²) >= 11 is 0. The van der Waals surface area contributed by atoms with Gasteiger partial charge in [0.2, 0.25) is 0 Å². The Hall–Kier alpha value is -2.40. The topological polar surface area (TPSA) is 44.4 Å². The minimum atomic E-state index is -0.438. The van der Waals surface area contributed by atoms with E-state index in [4.69, 9.17) is 0 Å². The molecule has 1 atom stereocenters. The maximum atomic E-state index is 13.6. The summed E-state index contributed by atoms with van der Waals surface area (Å²) < 4.78 is 13.6. The smallest absolute Gasteiger partial charge is 0.319 e. The van der Waals surface area contributed by atoms with E-state index in [2.05, 4.69) is 27.7 Å². The number of likely N-dealkylation sites (tertiary alicyclic amines) is 1. The summed E-state index contributed by atoms with van der Waals surface area (Å²) in [6, 6.07) is 16.1. The highest BCUT2D eigenvalue weighted by Gasteiger charge is 2.23. The normalized spacial score (nSPS) is 15.9. The molecule has 2 N–H and O–H groups in total. The minimum absolute atomic E-state index is 0.139. The highest BCUT2D eigenvalue weighted by Crippen LogP contribution is 2.24. The summed E-state index contributed by atoms with van der Waals surface area (Å²) in [5.41, 5.74) is 1.37. The molecule has 3 rings (SSSR count). The third kappa shape index (κ3) is 4.11. The monoisotopic (exact) mass is 327 g/mol. The van der Waals surface area contributed by atoms with Crippen LogP contribution in [-0.4, -0.2) is 30.6 Å². The van der Waals surface area contributed by atoms with Gasteiger partial charge in [-0.2, -0.15) is 0 Å². The van der Waals surface area contributed by atoms with E-state index < -0.39 is 5.82 Å². The average molecular weight is 327 g/mol. The van der Waals surface area contributed by atoms with Crippen LogP contribution in [0.25, 0.3) is 0 Å². The molecule has 4 nitrogen and oxygen atoms in total. The van der Waals surface area contributed by atoms with E-state index in [1.807, 2.05) is 18.2 Å². The van der Waals surface area contributed by atoms with Crippen molar-refractivity contribution >= 4 is 11.7 Å². The number of hydrogen-bond donors (Lipinski definition) is 2.